The lowest BCUT2D eigenvalue weighted by atomic mass is 9.97. The Morgan fingerprint density at radius 3 is 2.92 bits per heavy atom. The highest BCUT2D eigenvalue weighted by molar-refractivity contribution is 5.88. The number of aromatic nitrogens is 3. The molecule has 1 aliphatic carbocycles. The fraction of sp³-hybridized carbons (Fsp3) is 0.529. The maximum absolute atomic E-state index is 12.5. The minimum absolute atomic E-state index is 0.122. The number of amides is 2. The second-order valence-corrected chi connectivity index (χ2v) is 6.64. The molecule has 1 unspecified atom stereocenters. The van der Waals surface area contributed by atoms with Gasteiger partial charge in [0.1, 0.15) is 5.82 Å². The van der Waals surface area contributed by atoms with Crippen LogP contribution in [0.2, 0.25) is 0 Å². The van der Waals surface area contributed by atoms with Gasteiger partial charge in [-0.1, -0.05) is 11.2 Å². The Hall–Kier alpha value is -2.44. The van der Waals surface area contributed by atoms with Crippen LogP contribution in [0.4, 0.5) is 10.6 Å². The first-order valence-electron chi connectivity index (χ1n) is 8.52. The van der Waals surface area contributed by atoms with E-state index >= 15 is 0 Å². The molecule has 2 fully saturated rings. The van der Waals surface area contributed by atoms with E-state index in [-0.39, 0.29) is 11.9 Å². The molecule has 7 nitrogen and oxygen atoms in total. The average Bonchev–Trinajstić information content (AvgIpc) is 3.32. The number of pyridine rings is 1. The third kappa shape index (κ3) is 3.25. The number of likely N-dealkylation sites (tertiary alicyclic amines) is 1. The lowest BCUT2D eigenvalue weighted by Crippen LogP contribution is -2.42. The Morgan fingerprint density at radius 1 is 1.25 bits per heavy atom. The molecule has 2 amide bonds. The summed E-state index contributed by atoms with van der Waals surface area (Å²) in [6.07, 6.45) is 4.21. The molecule has 1 aliphatic heterocycles. The summed E-state index contributed by atoms with van der Waals surface area (Å²) in [5.41, 5.74) is 0.878. The van der Waals surface area contributed by atoms with Gasteiger partial charge in [0.15, 0.2) is 5.82 Å². The number of piperidine rings is 1. The highest BCUT2D eigenvalue weighted by Gasteiger charge is 2.32. The SMILES string of the molecule is Cc1cccc(NC(=O)N2CCCC(c3noc(C4CC4)n3)C2)n1. The first-order valence-corrected chi connectivity index (χ1v) is 8.52. The van der Waals surface area contributed by atoms with Crippen molar-refractivity contribution < 1.29 is 9.32 Å². The quantitative estimate of drug-likeness (QED) is 0.936. The second kappa shape index (κ2) is 6.22. The molecule has 126 valence electrons. The Kier molecular flexibility index (Phi) is 3.92. The molecule has 2 aliphatic rings. The summed E-state index contributed by atoms with van der Waals surface area (Å²) in [4.78, 5) is 23.2. The Morgan fingerprint density at radius 2 is 2.12 bits per heavy atom. The van der Waals surface area contributed by atoms with Crippen LogP contribution in [0.25, 0.3) is 0 Å². The van der Waals surface area contributed by atoms with Crippen LogP contribution >= 0.6 is 0 Å². The van der Waals surface area contributed by atoms with E-state index in [4.69, 9.17) is 4.52 Å². The first-order chi connectivity index (χ1) is 11.7. The zero-order chi connectivity index (χ0) is 16.5. The van der Waals surface area contributed by atoms with Gasteiger partial charge in [0, 0.05) is 30.6 Å². The smallest absolute Gasteiger partial charge is 0.323 e. The minimum Gasteiger partial charge on any atom is -0.339 e. The Balaban J connectivity index is 1.40. The fourth-order valence-electron chi connectivity index (χ4n) is 3.08. The minimum atomic E-state index is -0.122. The molecule has 2 aromatic heterocycles. The second-order valence-electron chi connectivity index (χ2n) is 6.64. The van der Waals surface area contributed by atoms with Gasteiger partial charge < -0.3 is 9.42 Å². The van der Waals surface area contributed by atoms with E-state index < -0.39 is 0 Å². The lowest BCUT2D eigenvalue weighted by Gasteiger charge is -2.31. The van der Waals surface area contributed by atoms with Gasteiger partial charge in [0.05, 0.1) is 0 Å². The zero-order valence-electron chi connectivity index (χ0n) is 13.7. The van der Waals surface area contributed by atoms with Crippen LogP contribution in [0.15, 0.2) is 22.7 Å². The molecule has 3 heterocycles. The molecule has 1 atom stereocenters. The number of urea groups is 1. The van der Waals surface area contributed by atoms with Crippen LogP contribution in [0.5, 0.6) is 0 Å². The number of aryl methyl sites for hydroxylation is 1. The fourth-order valence-corrected chi connectivity index (χ4v) is 3.08. The molecule has 0 bridgehead atoms. The van der Waals surface area contributed by atoms with Gasteiger partial charge >= 0.3 is 6.03 Å². The summed E-state index contributed by atoms with van der Waals surface area (Å²) in [5.74, 6) is 2.68. The number of hydrogen-bond donors (Lipinski definition) is 1. The summed E-state index contributed by atoms with van der Waals surface area (Å²) in [5, 5.41) is 7.00. The summed E-state index contributed by atoms with van der Waals surface area (Å²) >= 11 is 0. The van der Waals surface area contributed by atoms with Crippen molar-refractivity contribution in [1.82, 2.24) is 20.0 Å². The topological polar surface area (TPSA) is 84.2 Å². The number of hydrogen-bond acceptors (Lipinski definition) is 5. The van der Waals surface area contributed by atoms with Gasteiger partial charge in [-0.2, -0.15) is 4.98 Å². The molecule has 24 heavy (non-hydrogen) atoms. The third-order valence-electron chi connectivity index (χ3n) is 4.58. The van der Waals surface area contributed by atoms with E-state index in [0.717, 1.165) is 49.6 Å². The van der Waals surface area contributed by atoms with Crippen LogP contribution in [0.1, 0.15) is 54.9 Å². The molecule has 1 N–H and O–H groups in total. The standard InChI is InChI=1S/C17H21N5O2/c1-11-4-2-6-14(18-11)19-17(23)22-9-3-5-13(10-22)15-20-16(24-21-15)12-7-8-12/h2,4,6,12-13H,3,5,7-10H2,1H3,(H,18,19,23). The van der Waals surface area contributed by atoms with Crippen molar-refractivity contribution in [3.05, 3.63) is 35.6 Å². The van der Waals surface area contributed by atoms with Crippen LogP contribution in [0.3, 0.4) is 0 Å². The molecule has 2 aromatic rings. The van der Waals surface area contributed by atoms with Crippen molar-refractivity contribution >= 4 is 11.8 Å². The highest BCUT2D eigenvalue weighted by Crippen LogP contribution is 2.39. The normalized spacial score (nSPS) is 20.9. The summed E-state index contributed by atoms with van der Waals surface area (Å²) in [6.45, 7) is 3.25. The van der Waals surface area contributed by atoms with E-state index in [0.29, 0.717) is 18.3 Å². The highest BCUT2D eigenvalue weighted by atomic mass is 16.5. The van der Waals surface area contributed by atoms with Crippen molar-refractivity contribution in [1.29, 1.82) is 0 Å². The van der Waals surface area contributed by atoms with Crippen molar-refractivity contribution in [3.8, 4) is 0 Å². The van der Waals surface area contributed by atoms with E-state index in [9.17, 15) is 4.79 Å². The van der Waals surface area contributed by atoms with Gasteiger partial charge in [0.25, 0.3) is 0 Å². The van der Waals surface area contributed by atoms with Gasteiger partial charge in [-0.3, -0.25) is 5.32 Å². The number of rotatable bonds is 3. The number of carbonyl (C=O) groups excluding carboxylic acids is 1. The van der Waals surface area contributed by atoms with Gasteiger partial charge in [0.2, 0.25) is 5.89 Å². The summed E-state index contributed by atoms with van der Waals surface area (Å²) < 4.78 is 5.36. The predicted octanol–water partition coefficient (Wildman–Crippen LogP) is 3.06. The number of nitrogens with one attached hydrogen (secondary N) is 1. The van der Waals surface area contributed by atoms with Gasteiger partial charge in [-0.25, -0.2) is 9.78 Å². The Bertz CT molecular complexity index is 740. The van der Waals surface area contributed by atoms with Crippen molar-refractivity contribution in [2.75, 3.05) is 18.4 Å². The van der Waals surface area contributed by atoms with Crippen molar-refractivity contribution in [2.45, 2.75) is 44.4 Å². The number of anilines is 1. The molecule has 0 spiro atoms. The van der Waals surface area contributed by atoms with Crippen LogP contribution in [-0.4, -0.2) is 39.1 Å². The summed E-state index contributed by atoms with van der Waals surface area (Å²) in [7, 11) is 0. The average molecular weight is 327 g/mol. The first kappa shape index (κ1) is 15.1. The zero-order valence-corrected chi connectivity index (χ0v) is 13.7. The van der Waals surface area contributed by atoms with Gasteiger partial charge in [-0.15, -0.1) is 0 Å². The molecular formula is C17H21N5O2. The molecule has 1 saturated heterocycles. The van der Waals surface area contributed by atoms with E-state index in [2.05, 4.69) is 20.4 Å². The van der Waals surface area contributed by atoms with E-state index in [1.807, 2.05) is 24.0 Å². The van der Waals surface area contributed by atoms with Crippen molar-refractivity contribution in [2.24, 2.45) is 0 Å². The molecule has 0 aromatic carbocycles. The lowest BCUT2D eigenvalue weighted by molar-refractivity contribution is 0.190. The van der Waals surface area contributed by atoms with Crippen LogP contribution < -0.4 is 5.32 Å². The molecule has 4 rings (SSSR count). The maximum atomic E-state index is 12.5. The van der Waals surface area contributed by atoms with E-state index in [1.54, 1.807) is 6.07 Å². The van der Waals surface area contributed by atoms with E-state index in [1.165, 1.54) is 0 Å². The largest absolute Gasteiger partial charge is 0.339 e. The molecule has 0 radical (unpaired) electrons. The maximum Gasteiger partial charge on any atom is 0.323 e. The summed E-state index contributed by atoms with van der Waals surface area (Å²) in [6, 6.07) is 5.47. The Labute approximate surface area is 140 Å². The molecular weight excluding hydrogens is 306 g/mol. The number of nitrogens with zero attached hydrogens (tertiary/aromatic N) is 4. The third-order valence-corrected chi connectivity index (χ3v) is 4.58. The van der Waals surface area contributed by atoms with Crippen LogP contribution in [-0.2, 0) is 0 Å². The van der Waals surface area contributed by atoms with Crippen molar-refractivity contribution in [3.63, 3.8) is 0 Å². The van der Waals surface area contributed by atoms with Gasteiger partial charge in [-0.05, 0) is 44.7 Å². The molecule has 1 saturated carbocycles. The van der Waals surface area contributed by atoms with Crippen LogP contribution in [0, 0.1) is 6.92 Å². The number of carbonyl (C=O) groups is 1. The molecule has 7 heteroatoms. The predicted molar refractivity (Wildman–Crippen MR) is 87.8 cm³/mol. The monoisotopic (exact) mass is 327 g/mol.